The Hall–Kier alpha value is -2.30. The summed E-state index contributed by atoms with van der Waals surface area (Å²) < 4.78 is 0. The maximum absolute atomic E-state index is 6.34. The number of nitrogens with zero attached hydrogens (tertiary/aromatic N) is 2. The molecule has 0 unspecified atom stereocenters. The lowest BCUT2D eigenvalue weighted by Gasteiger charge is -2.08. The van der Waals surface area contributed by atoms with E-state index >= 15 is 0 Å². The van der Waals surface area contributed by atoms with Gasteiger partial charge in [0.05, 0.1) is 11.4 Å². The molecule has 0 aliphatic heterocycles. The summed E-state index contributed by atoms with van der Waals surface area (Å²) in [6, 6.07) is 11.3. The zero-order valence-corrected chi connectivity index (χ0v) is 12.8. The van der Waals surface area contributed by atoms with Crippen LogP contribution in [0.2, 0.25) is 10.0 Å². The monoisotopic (exact) mass is 328 g/mol. The number of hydrogen-bond donors (Lipinski definition) is 2. The van der Waals surface area contributed by atoms with Gasteiger partial charge in [0.2, 0.25) is 0 Å². The number of benzene rings is 1. The molecule has 0 amide bonds. The van der Waals surface area contributed by atoms with Crippen molar-refractivity contribution in [3.8, 4) is 22.5 Å². The van der Waals surface area contributed by atoms with Crippen molar-refractivity contribution in [2.45, 2.75) is 0 Å². The van der Waals surface area contributed by atoms with Gasteiger partial charge >= 0.3 is 0 Å². The van der Waals surface area contributed by atoms with Crippen LogP contribution < -0.4 is 0 Å². The van der Waals surface area contributed by atoms with Crippen LogP contribution in [0, 0.1) is 0 Å². The molecule has 0 saturated heterocycles. The summed E-state index contributed by atoms with van der Waals surface area (Å²) in [5.41, 5.74) is 4.13. The quantitative estimate of drug-likeness (QED) is 0.548. The van der Waals surface area contributed by atoms with Gasteiger partial charge in [0.15, 0.2) is 5.65 Å². The predicted molar refractivity (Wildman–Crippen MR) is 89.1 cm³/mol. The topological polar surface area (TPSA) is 57.4 Å². The van der Waals surface area contributed by atoms with Crippen molar-refractivity contribution in [1.82, 2.24) is 20.2 Å². The van der Waals surface area contributed by atoms with Gasteiger partial charge in [0, 0.05) is 39.0 Å². The molecular weight excluding hydrogens is 319 g/mol. The number of aromatic amines is 2. The largest absolute Gasteiger partial charge is 0.359 e. The van der Waals surface area contributed by atoms with E-state index < -0.39 is 0 Å². The van der Waals surface area contributed by atoms with Crippen LogP contribution >= 0.6 is 23.2 Å². The summed E-state index contributed by atoms with van der Waals surface area (Å²) in [6.07, 6.45) is 3.57. The molecule has 0 atom stereocenters. The smallest absolute Gasteiger partial charge is 0.181 e. The van der Waals surface area contributed by atoms with E-state index in [2.05, 4.69) is 20.2 Å². The molecule has 6 heteroatoms. The van der Waals surface area contributed by atoms with Crippen LogP contribution in [-0.2, 0) is 0 Å². The lowest BCUT2D eigenvalue weighted by molar-refractivity contribution is 1.10. The van der Waals surface area contributed by atoms with E-state index in [1.54, 1.807) is 6.20 Å². The standard InChI is InChI=1S/C16H10Cl2N4/c17-11-4-1-5-12(18)13(11)9-6-8-19-14(9)15-10-3-2-7-20-16(10)22-21-15/h1-8,19H,(H,20,21,22). The Morgan fingerprint density at radius 1 is 0.909 bits per heavy atom. The summed E-state index contributed by atoms with van der Waals surface area (Å²) in [4.78, 5) is 7.48. The SMILES string of the molecule is Clc1cccc(Cl)c1-c1cc[nH]c1-c1[nH]nc2ncccc12. The van der Waals surface area contributed by atoms with Gasteiger partial charge in [-0.2, -0.15) is 5.10 Å². The molecule has 22 heavy (non-hydrogen) atoms. The first kappa shape index (κ1) is 13.4. The minimum Gasteiger partial charge on any atom is -0.359 e. The molecule has 4 aromatic rings. The predicted octanol–water partition coefficient (Wildman–Crippen LogP) is 4.93. The van der Waals surface area contributed by atoms with Crippen molar-refractivity contribution in [1.29, 1.82) is 0 Å². The van der Waals surface area contributed by atoms with Gasteiger partial charge in [0.25, 0.3) is 0 Å². The highest BCUT2D eigenvalue weighted by molar-refractivity contribution is 6.39. The van der Waals surface area contributed by atoms with E-state index in [4.69, 9.17) is 23.2 Å². The molecule has 0 saturated carbocycles. The Morgan fingerprint density at radius 2 is 1.73 bits per heavy atom. The first-order valence-corrected chi connectivity index (χ1v) is 7.42. The number of nitrogens with one attached hydrogen (secondary N) is 2. The van der Waals surface area contributed by atoms with Gasteiger partial charge in [-0.15, -0.1) is 0 Å². The van der Waals surface area contributed by atoms with Crippen molar-refractivity contribution in [3.05, 3.63) is 58.8 Å². The van der Waals surface area contributed by atoms with E-state index in [0.717, 1.165) is 27.9 Å². The maximum Gasteiger partial charge on any atom is 0.181 e. The molecule has 2 N–H and O–H groups in total. The van der Waals surface area contributed by atoms with Crippen LogP contribution in [-0.4, -0.2) is 20.2 Å². The van der Waals surface area contributed by atoms with Crippen molar-refractivity contribution < 1.29 is 0 Å². The highest BCUT2D eigenvalue weighted by Gasteiger charge is 2.17. The Kier molecular flexibility index (Phi) is 3.13. The first-order chi connectivity index (χ1) is 10.8. The van der Waals surface area contributed by atoms with Crippen LogP contribution in [0.4, 0.5) is 0 Å². The number of fused-ring (bicyclic) bond motifs is 1. The van der Waals surface area contributed by atoms with Gasteiger partial charge in [0.1, 0.15) is 0 Å². The second kappa shape index (κ2) is 5.16. The molecule has 0 spiro atoms. The van der Waals surface area contributed by atoms with Gasteiger partial charge in [-0.05, 0) is 30.3 Å². The molecular formula is C16H10Cl2N4. The number of rotatable bonds is 2. The zero-order chi connectivity index (χ0) is 15.1. The summed E-state index contributed by atoms with van der Waals surface area (Å²) in [7, 11) is 0. The van der Waals surface area contributed by atoms with Gasteiger partial charge in [-0.3, -0.25) is 5.10 Å². The number of hydrogen-bond acceptors (Lipinski definition) is 2. The molecule has 4 rings (SSSR count). The molecule has 0 fully saturated rings. The molecule has 4 nitrogen and oxygen atoms in total. The van der Waals surface area contributed by atoms with Crippen molar-refractivity contribution in [2.75, 3.05) is 0 Å². The zero-order valence-electron chi connectivity index (χ0n) is 11.3. The fourth-order valence-electron chi connectivity index (χ4n) is 2.58. The number of aromatic nitrogens is 4. The Labute approximate surface area is 136 Å². The molecule has 1 aromatic carbocycles. The van der Waals surface area contributed by atoms with Crippen LogP contribution in [0.1, 0.15) is 0 Å². The average Bonchev–Trinajstić information content (AvgIpc) is 3.13. The number of pyridine rings is 1. The Balaban J connectivity index is 1.98. The molecule has 108 valence electrons. The van der Waals surface area contributed by atoms with Crippen molar-refractivity contribution in [2.24, 2.45) is 0 Å². The van der Waals surface area contributed by atoms with Crippen molar-refractivity contribution >= 4 is 34.2 Å². The van der Waals surface area contributed by atoms with Gasteiger partial charge < -0.3 is 4.98 Å². The van der Waals surface area contributed by atoms with E-state index in [1.165, 1.54) is 0 Å². The third-order valence-corrected chi connectivity index (χ3v) is 4.19. The number of H-pyrrole nitrogens is 2. The van der Waals surface area contributed by atoms with Crippen LogP contribution in [0.15, 0.2) is 48.8 Å². The molecule has 0 aliphatic carbocycles. The lowest BCUT2D eigenvalue weighted by atomic mass is 10.0. The van der Waals surface area contributed by atoms with Gasteiger partial charge in [-0.1, -0.05) is 29.3 Å². The first-order valence-electron chi connectivity index (χ1n) is 6.67. The fourth-order valence-corrected chi connectivity index (χ4v) is 3.18. The fraction of sp³-hybridized carbons (Fsp3) is 0. The normalized spacial score (nSPS) is 11.2. The highest BCUT2D eigenvalue weighted by atomic mass is 35.5. The maximum atomic E-state index is 6.34. The van der Waals surface area contributed by atoms with E-state index in [1.807, 2.05) is 42.6 Å². The average molecular weight is 329 g/mol. The van der Waals surface area contributed by atoms with E-state index in [-0.39, 0.29) is 0 Å². The summed E-state index contributed by atoms with van der Waals surface area (Å²) >= 11 is 12.7. The lowest BCUT2D eigenvalue weighted by Crippen LogP contribution is -1.86. The summed E-state index contributed by atoms with van der Waals surface area (Å²) in [5.74, 6) is 0. The Morgan fingerprint density at radius 3 is 2.55 bits per heavy atom. The minimum atomic E-state index is 0.607. The molecule has 0 bridgehead atoms. The van der Waals surface area contributed by atoms with Crippen LogP contribution in [0.25, 0.3) is 33.5 Å². The third-order valence-electron chi connectivity index (χ3n) is 3.56. The second-order valence-electron chi connectivity index (χ2n) is 4.84. The molecule has 0 radical (unpaired) electrons. The molecule has 3 aromatic heterocycles. The molecule has 3 heterocycles. The van der Waals surface area contributed by atoms with Gasteiger partial charge in [-0.25, -0.2) is 4.98 Å². The number of halogens is 2. The third kappa shape index (κ3) is 2.00. The van der Waals surface area contributed by atoms with Crippen LogP contribution in [0.3, 0.4) is 0 Å². The molecule has 0 aliphatic rings. The minimum absolute atomic E-state index is 0.607. The van der Waals surface area contributed by atoms with Crippen LogP contribution in [0.5, 0.6) is 0 Å². The highest BCUT2D eigenvalue weighted by Crippen LogP contribution is 2.40. The van der Waals surface area contributed by atoms with E-state index in [9.17, 15) is 0 Å². The summed E-state index contributed by atoms with van der Waals surface area (Å²) in [5, 5.41) is 9.42. The van der Waals surface area contributed by atoms with E-state index in [0.29, 0.717) is 15.7 Å². The second-order valence-corrected chi connectivity index (χ2v) is 5.65. The van der Waals surface area contributed by atoms with Crippen molar-refractivity contribution in [3.63, 3.8) is 0 Å². The Bertz CT molecular complexity index is 951. The summed E-state index contributed by atoms with van der Waals surface area (Å²) in [6.45, 7) is 0.